The fraction of sp³-hybridized carbons (Fsp3) is 0.222. The van der Waals surface area contributed by atoms with Crippen LogP contribution >= 0.6 is 35.0 Å². The number of rotatable bonds is 3. The van der Waals surface area contributed by atoms with Gasteiger partial charge in [0, 0.05) is 9.92 Å². The third kappa shape index (κ3) is 3.48. The van der Waals surface area contributed by atoms with Crippen molar-refractivity contribution in [1.82, 2.24) is 0 Å². The summed E-state index contributed by atoms with van der Waals surface area (Å²) in [6.07, 6.45) is 0. The first-order chi connectivity index (χ1) is 7.04. The Morgan fingerprint density at radius 1 is 1.53 bits per heavy atom. The summed E-state index contributed by atoms with van der Waals surface area (Å²) in [5, 5.41) is 12.5. The molecule has 0 amide bonds. The summed E-state index contributed by atoms with van der Waals surface area (Å²) in [5.74, 6) is 0.149. The highest BCUT2D eigenvalue weighted by Crippen LogP contribution is 2.32. The number of hydrogen-bond acceptors (Lipinski definition) is 3. The van der Waals surface area contributed by atoms with E-state index in [2.05, 4.69) is 5.16 Å². The van der Waals surface area contributed by atoms with Gasteiger partial charge in [0.25, 0.3) is 0 Å². The maximum Gasteiger partial charge on any atom is 0.152 e. The van der Waals surface area contributed by atoms with Crippen LogP contribution in [-0.2, 0) is 0 Å². The van der Waals surface area contributed by atoms with E-state index in [-0.39, 0.29) is 11.1 Å². The minimum Gasteiger partial charge on any atom is -0.409 e. The fourth-order valence-electron chi connectivity index (χ4n) is 0.900. The van der Waals surface area contributed by atoms with Crippen molar-refractivity contribution in [3.8, 4) is 0 Å². The summed E-state index contributed by atoms with van der Waals surface area (Å²) >= 11 is 13.2. The topological polar surface area (TPSA) is 58.6 Å². The maximum atomic E-state index is 8.50. The number of oxime groups is 1. The van der Waals surface area contributed by atoms with Gasteiger partial charge >= 0.3 is 0 Å². The Bertz CT molecular complexity index is 384. The summed E-state index contributed by atoms with van der Waals surface area (Å²) in [6, 6.07) is 5.17. The number of hydrogen-bond donors (Lipinski definition) is 2. The third-order valence-corrected chi connectivity index (χ3v) is 3.59. The number of halogens is 2. The van der Waals surface area contributed by atoms with Crippen molar-refractivity contribution < 1.29 is 5.21 Å². The molecule has 0 bridgehead atoms. The average Bonchev–Trinajstić information content (AvgIpc) is 2.22. The molecule has 6 heteroatoms. The van der Waals surface area contributed by atoms with Crippen LogP contribution in [0.1, 0.15) is 6.92 Å². The van der Waals surface area contributed by atoms with Crippen molar-refractivity contribution >= 4 is 40.8 Å². The summed E-state index contributed by atoms with van der Waals surface area (Å²) in [6.45, 7) is 1.82. The molecule has 0 spiro atoms. The predicted molar refractivity (Wildman–Crippen MR) is 65.2 cm³/mol. The van der Waals surface area contributed by atoms with Crippen molar-refractivity contribution in [1.29, 1.82) is 0 Å². The molecule has 0 aliphatic rings. The Morgan fingerprint density at radius 3 is 2.80 bits per heavy atom. The molecule has 1 aromatic carbocycles. The van der Waals surface area contributed by atoms with Crippen LogP contribution in [0.5, 0.6) is 0 Å². The van der Waals surface area contributed by atoms with Crippen LogP contribution in [-0.4, -0.2) is 16.3 Å². The molecule has 1 atom stereocenters. The molecular weight excluding hydrogens is 255 g/mol. The average molecular weight is 265 g/mol. The van der Waals surface area contributed by atoms with Crippen LogP contribution in [0.3, 0.4) is 0 Å². The predicted octanol–water partition coefficient (Wildman–Crippen LogP) is 3.22. The van der Waals surface area contributed by atoms with Crippen molar-refractivity contribution in [2.75, 3.05) is 0 Å². The first kappa shape index (κ1) is 12.5. The van der Waals surface area contributed by atoms with E-state index in [0.717, 1.165) is 4.90 Å². The molecule has 0 fully saturated rings. The SMILES string of the molecule is CC(Sc1cc(Cl)ccc1Cl)C(N)=NO. The zero-order chi connectivity index (χ0) is 11.4. The lowest BCUT2D eigenvalue weighted by Gasteiger charge is -2.10. The van der Waals surface area contributed by atoms with Gasteiger partial charge in [-0.05, 0) is 25.1 Å². The first-order valence-corrected chi connectivity index (χ1v) is 5.77. The van der Waals surface area contributed by atoms with Gasteiger partial charge in [-0.15, -0.1) is 11.8 Å². The molecule has 15 heavy (non-hydrogen) atoms. The first-order valence-electron chi connectivity index (χ1n) is 4.13. The van der Waals surface area contributed by atoms with Gasteiger partial charge in [-0.3, -0.25) is 0 Å². The van der Waals surface area contributed by atoms with Gasteiger partial charge in [0.1, 0.15) is 0 Å². The molecule has 0 radical (unpaired) electrons. The van der Waals surface area contributed by atoms with Gasteiger partial charge < -0.3 is 10.9 Å². The molecule has 3 nitrogen and oxygen atoms in total. The number of nitrogens with two attached hydrogens (primary N) is 1. The second kappa shape index (κ2) is 5.49. The Kier molecular flexibility index (Phi) is 4.57. The molecule has 0 aromatic heterocycles. The Morgan fingerprint density at radius 2 is 2.20 bits per heavy atom. The van der Waals surface area contributed by atoms with E-state index in [1.165, 1.54) is 11.8 Å². The smallest absolute Gasteiger partial charge is 0.152 e. The van der Waals surface area contributed by atoms with Gasteiger partial charge in [0.05, 0.1) is 10.3 Å². The molecule has 1 aromatic rings. The summed E-state index contributed by atoms with van der Waals surface area (Å²) in [4.78, 5) is 0.809. The quantitative estimate of drug-likeness (QED) is 0.290. The molecule has 3 N–H and O–H groups in total. The van der Waals surface area contributed by atoms with Crippen LogP contribution in [0.15, 0.2) is 28.3 Å². The molecule has 82 valence electrons. The van der Waals surface area contributed by atoms with E-state index in [1.807, 2.05) is 6.92 Å². The van der Waals surface area contributed by atoms with Crippen molar-refractivity contribution in [2.45, 2.75) is 17.1 Å². The molecular formula is C9H10Cl2N2OS. The molecule has 0 aliphatic heterocycles. The lowest BCUT2D eigenvalue weighted by molar-refractivity contribution is 0.317. The minimum absolute atomic E-state index is 0.149. The minimum atomic E-state index is -0.161. The Labute approximate surface area is 102 Å². The molecule has 1 unspecified atom stereocenters. The Balaban J connectivity index is 2.85. The standard InChI is InChI=1S/C9H10Cl2N2OS/c1-5(9(12)13-14)15-8-4-6(10)2-3-7(8)11/h2-5,14H,1H3,(H2,12,13). The van der Waals surface area contributed by atoms with Gasteiger partial charge in [-0.1, -0.05) is 28.4 Å². The van der Waals surface area contributed by atoms with E-state index >= 15 is 0 Å². The number of nitrogens with zero attached hydrogens (tertiary/aromatic N) is 1. The molecule has 0 heterocycles. The van der Waals surface area contributed by atoms with Crippen LogP contribution in [0, 0.1) is 0 Å². The second-order valence-corrected chi connectivity index (χ2v) is 5.09. The third-order valence-electron chi connectivity index (χ3n) is 1.73. The van der Waals surface area contributed by atoms with E-state index in [4.69, 9.17) is 34.1 Å². The summed E-state index contributed by atoms with van der Waals surface area (Å²) in [7, 11) is 0. The highest BCUT2D eigenvalue weighted by Gasteiger charge is 2.12. The molecule has 0 aliphatic carbocycles. The fourth-order valence-corrected chi connectivity index (χ4v) is 2.31. The van der Waals surface area contributed by atoms with Gasteiger partial charge in [0.2, 0.25) is 0 Å². The van der Waals surface area contributed by atoms with Gasteiger partial charge in [-0.25, -0.2) is 0 Å². The van der Waals surface area contributed by atoms with Crippen LogP contribution in [0.4, 0.5) is 0 Å². The highest BCUT2D eigenvalue weighted by molar-refractivity contribution is 8.00. The molecule has 0 saturated heterocycles. The zero-order valence-corrected chi connectivity index (χ0v) is 10.3. The number of benzene rings is 1. The van der Waals surface area contributed by atoms with E-state index in [0.29, 0.717) is 10.0 Å². The van der Waals surface area contributed by atoms with Crippen LogP contribution in [0.25, 0.3) is 0 Å². The van der Waals surface area contributed by atoms with Gasteiger partial charge in [0.15, 0.2) is 5.84 Å². The molecule has 1 rings (SSSR count). The van der Waals surface area contributed by atoms with Crippen molar-refractivity contribution in [3.05, 3.63) is 28.2 Å². The highest BCUT2D eigenvalue weighted by atomic mass is 35.5. The largest absolute Gasteiger partial charge is 0.409 e. The monoisotopic (exact) mass is 264 g/mol. The number of thioether (sulfide) groups is 1. The normalized spacial score (nSPS) is 13.9. The van der Waals surface area contributed by atoms with Gasteiger partial charge in [-0.2, -0.15) is 0 Å². The lowest BCUT2D eigenvalue weighted by Crippen LogP contribution is -2.23. The molecule has 0 saturated carbocycles. The summed E-state index contributed by atoms with van der Waals surface area (Å²) < 4.78 is 0. The summed E-state index contributed by atoms with van der Waals surface area (Å²) in [5.41, 5.74) is 5.46. The lowest BCUT2D eigenvalue weighted by atomic mass is 10.4. The van der Waals surface area contributed by atoms with E-state index in [1.54, 1.807) is 18.2 Å². The van der Waals surface area contributed by atoms with E-state index < -0.39 is 0 Å². The Hall–Kier alpha value is -0.580. The zero-order valence-electron chi connectivity index (χ0n) is 7.95. The van der Waals surface area contributed by atoms with Crippen LogP contribution < -0.4 is 5.73 Å². The van der Waals surface area contributed by atoms with Crippen molar-refractivity contribution in [2.24, 2.45) is 10.9 Å². The van der Waals surface area contributed by atoms with Crippen LogP contribution in [0.2, 0.25) is 10.0 Å². The maximum absolute atomic E-state index is 8.50. The van der Waals surface area contributed by atoms with Crippen molar-refractivity contribution in [3.63, 3.8) is 0 Å². The van der Waals surface area contributed by atoms with E-state index in [9.17, 15) is 0 Å². The number of amidine groups is 1. The second-order valence-electron chi connectivity index (χ2n) is 2.86.